The van der Waals surface area contributed by atoms with Crippen molar-refractivity contribution in [1.82, 2.24) is 0 Å². The first kappa shape index (κ1) is 22.2. The van der Waals surface area contributed by atoms with Gasteiger partial charge in [-0.15, -0.1) is 0 Å². The summed E-state index contributed by atoms with van der Waals surface area (Å²) in [6.07, 6.45) is 0. The minimum absolute atomic E-state index is 0.0595. The van der Waals surface area contributed by atoms with Crippen LogP contribution >= 0.6 is 0 Å². The summed E-state index contributed by atoms with van der Waals surface area (Å²) in [4.78, 5) is 2.40. The van der Waals surface area contributed by atoms with Crippen LogP contribution in [-0.2, 0) is 5.41 Å². The molecule has 1 aliphatic rings. The second-order valence-corrected chi connectivity index (χ2v) is 11.0. The fourth-order valence-corrected chi connectivity index (χ4v) is 6.52. The molecule has 1 heterocycles. The molecule has 1 aliphatic carbocycles. The van der Waals surface area contributed by atoms with E-state index in [2.05, 4.69) is 146 Å². The molecule has 7 aromatic rings. The molecular formula is C37H27NO. The number of hydrogen-bond donors (Lipinski definition) is 0. The Morgan fingerprint density at radius 3 is 2.08 bits per heavy atom. The predicted octanol–water partition coefficient (Wildman–Crippen LogP) is 10.5. The number of anilines is 3. The number of hydrogen-bond acceptors (Lipinski definition) is 2. The Labute approximate surface area is 227 Å². The third-order valence-electron chi connectivity index (χ3n) is 8.42. The molecule has 2 nitrogen and oxygen atoms in total. The van der Waals surface area contributed by atoms with E-state index in [-0.39, 0.29) is 5.41 Å². The summed E-state index contributed by atoms with van der Waals surface area (Å²) in [6, 6.07) is 45.8. The molecule has 0 bridgehead atoms. The second kappa shape index (κ2) is 8.09. The molecule has 0 spiro atoms. The van der Waals surface area contributed by atoms with Gasteiger partial charge in [0, 0.05) is 33.1 Å². The van der Waals surface area contributed by atoms with Gasteiger partial charge in [0.15, 0.2) is 0 Å². The van der Waals surface area contributed by atoms with E-state index in [0.717, 1.165) is 33.3 Å². The highest BCUT2D eigenvalue weighted by molar-refractivity contribution is 6.11. The molecule has 6 aromatic carbocycles. The van der Waals surface area contributed by atoms with Gasteiger partial charge < -0.3 is 9.32 Å². The molecule has 8 rings (SSSR count). The number of nitrogens with zero attached hydrogens (tertiary/aromatic N) is 1. The monoisotopic (exact) mass is 501 g/mol. The van der Waals surface area contributed by atoms with Gasteiger partial charge in [0.2, 0.25) is 0 Å². The fraction of sp³-hybridized carbons (Fsp3) is 0.0811. The van der Waals surface area contributed by atoms with Crippen LogP contribution in [0.15, 0.2) is 132 Å². The van der Waals surface area contributed by atoms with Gasteiger partial charge in [0.25, 0.3) is 0 Å². The fourth-order valence-electron chi connectivity index (χ4n) is 6.52. The van der Waals surface area contributed by atoms with Gasteiger partial charge in [-0.3, -0.25) is 0 Å². The van der Waals surface area contributed by atoms with Gasteiger partial charge >= 0.3 is 0 Å². The first-order valence-electron chi connectivity index (χ1n) is 13.5. The highest BCUT2D eigenvalue weighted by atomic mass is 16.3. The number of rotatable bonds is 3. The Morgan fingerprint density at radius 1 is 0.538 bits per heavy atom. The highest BCUT2D eigenvalue weighted by Gasteiger charge is 2.37. The summed E-state index contributed by atoms with van der Waals surface area (Å²) in [5.74, 6) is 0. The third-order valence-corrected chi connectivity index (χ3v) is 8.42. The van der Waals surface area contributed by atoms with E-state index in [1.807, 2.05) is 0 Å². The molecule has 0 amide bonds. The lowest BCUT2D eigenvalue weighted by atomic mass is 9.82. The zero-order valence-electron chi connectivity index (χ0n) is 22.0. The van der Waals surface area contributed by atoms with Crippen molar-refractivity contribution < 1.29 is 4.42 Å². The van der Waals surface area contributed by atoms with Crippen LogP contribution in [-0.4, -0.2) is 0 Å². The van der Waals surface area contributed by atoms with Crippen molar-refractivity contribution in [1.29, 1.82) is 0 Å². The van der Waals surface area contributed by atoms with E-state index >= 15 is 0 Å². The summed E-state index contributed by atoms with van der Waals surface area (Å²) in [6.45, 7) is 4.67. The minimum atomic E-state index is -0.0595. The lowest BCUT2D eigenvalue weighted by Gasteiger charge is -2.28. The van der Waals surface area contributed by atoms with Crippen molar-refractivity contribution >= 4 is 49.8 Å². The molecule has 186 valence electrons. The second-order valence-electron chi connectivity index (χ2n) is 11.0. The Balaban J connectivity index is 1.40. The summed E-state index contributed by atoms with van der Waals surface area (Å²) in [5, 5.41) is 4.68. The van der Waals surface area contributed by atoms with Crippen molar-refractivity contribution in [2.24, 2.45) is 0 Å². The van der Waals surface area contributed by atoms with Gasteiger partial charge in [-0.2, -0.15) is 0 Å². The molecule has 0 saturated carbocycles. The molecule has 0 radical (unpaired) electrons. The van der Waals surface area contributed by atoms with Crippen LogP contribution in [0, 0.1) is 0 Å². The Hall–Kier alpha value is -4.82. The Bertz CT molecular complexity index is 2050. The first-order valence-corrected chi connectivity index (χ1v) is 13.5. The number of furan rings is 1. The van der Waals surface area contributed by atoms with Crippen molar-refractivity contribution in [2.45, 2.75) is 19.3 Å². The van der Waals surface area contributed by atoms with Crippen LogP contribution in [0.1, 0.15) is 25.0 Å². The summed E-state index contributed by atoms with van der Waals surface area (Å²) < 4.78 is 6.34. The molecular weight excluding hydrogens is 474 g/mol. The number of benzene rings is 6. The molecule has 0 saturated heterocycles. The van der Waals surface area contributed by atoms with Gasteiger partial charge in [-0.1, -0.05) is 92.7 Å². The standard InChI is InChI=1S/C37H27NO/c1-37(2)31-16-9-8-15-28(31)36-32(37)17-10-18-33(36)38(26-13-4-3-5-14-26)27-19-20-34-30(23-27)29-21-24-11-6-7-12-25(24)22-35(29)39-34/h3-23H,1-2H3. The Morgan fingerprint density at radius 2 is 1.23 bits per heavy atom. The smallest absolute Gasteiger partial charge is 0.136 e. The summed E-state index contributed by atoms with van der Waals surface area (Å²) >= 11 is 0. The van der Waals surface area contributed by atoms with Gasteiger partial charge in [-0.25, -0.2) is 0 Å². The molecule has 0 N–H and O–H groups in total. The lowest BCUT2D eigenvalue weighted by Crippen LogP contribution is -2.16. The van der Waals surface area contributed by atoms with E-state index in [1.165, 1.54) is 38.7 Å². The van der Waals surface area contributed by atoms with Crippen molar-refractivity contribution in [3.8, 4) is 11.1 Å². The van der Waals surface area contributed by atoms with E-state index in [1.54, 1.807) is 0 Å². The quantitative estimate of drug-likeness (QED) is 0.239. The van der Waals surface area contributed by atoms with Crippen LogP contribution in [0.2, 0.25) is 0 Å². The molecule has 2 heteroatoms. The normalized spacial score (nSPS) is 13.6. The highest BCUT2D eigenvalue weighted by Crippen LogP contribution is 2.54. The predicted molar refractivity (Wildman–Crippen MR) is 163 cm³/mol. The molecule has 0 unspecified atom stereocenters. The lowest BCUT2D eigenvalue weighted by molar-refractivity contribution is 0.660. The molecule has 0 fully saturated rings. The maximum atomic E-state index is 6.34. The minimum Gasteiger partial charge on any atom is -0.456 e. The Kier molecular flexibility index (Phi) is 4.60. The van der Waals surface area contributed by atoms with Crippen LogP contribution in [0.4, 0.5) is 17.1 Å². The zero-order chi connectivity index (χ0) is 26.1. The number of fused-ring (bicyclic) bond motifs is 7. The zero-order valence-corrected chi connectivity index (χ0v) is 22.0. The van der Waals surface area contributed by atoms with Crippen molar-refractivity contribution in [2.75, 3.05) is 4.90 Å². The topological polar surface area (TPSA) is 16.4 Å². The van der Waals surface area contributed by atoms with Gasteiger partial charge in [0.1, 0.15) is 11.2 Å². The molecule has 0 aliphatic heterocycles. The van der Waals surface area contributed by atoms with E-state index < -0.39 is 0 Å². The summed E-state index contributed by atoms with van der Waals surface area (Å²) in [7, 11) is 0. The number of para-hydroxylation sites is 1. The van der Waals surface area contributed by atoms with E-state index in [0.29, 0.717) is 0 Å². The van der Waals surface area contributed by atoms with Crippen LogP contribution in [0.5, 0.6) is 0 Å². The van der Waals surface area contributed by atoms with Crippen molar-refractivity contribution in [3.63, 3.8) is 0 Å². The molecule has 1 aromatic heterocycles. The maximum absolute atomic E-state index is 6.34. The average molecular weight is 502 g/mol. The maximum Gasteiger partial charge on any atom is 0.136 e. The largest absolute Gasteiger partial charge is 0.456 e. The third kappa shape index (κ3) is 3.21. The van der Waals surface area contributed by atoms with E-state index in [4.69, 9.17) is 4.42 Å². The van der Waals surface area contributed by atoms with Crippen LogP contribution in [0.3, 0.4) is 0 Å². The van der Waals surface area contributed by atoms with Crippen LogP contribution < -0.4 is 4.90 Å². The van der Waals surface area contributed by atoms with E-state index in [9.17, 15) is 0 Å². The first-order chi connectivity index (χ1) is 19.1. The van der Waals surface area contributed by atoms with Crippen molar-refractivity contribution in [3.05, 3.63) is 139 Å². The van der Waals surface area contributed by atoms with Gasteiger partial charge in [0.05, 0.1) is 5.69 Å². The van der Waals surface area contributed by atoms with Crippen LogP contribution in [0.25, 0.3) is 43.8 Å². The van der Waals surface area contributed by atoms with Gasteiger partial charge in [-0.05, 0) is 76.0 Å². The molecule has 0 atom stereocenters. The average Bonchev–Trinajstić information content (AvgIpc) is 3.44. The SMILES string of the molecule is CC1(C)c2ccccc2-c2c(N(c3ccccc3)c3ccc4oc5cc6ccccc6cc5c4c3)cccc21. The summed E-state index contributed by atoms with van der Waals surface area (Å²) in [5.41, 5.74) is 10.6. The molecule has 39 heavy (non-hydrogen) atoms.